The number of benzene rings is 2. The Morgan fingerprint density at radius 1 is 1.19 bits per heavy atom. The van der Waals surface area contributed by atoms with Crippen molar-refractivity contribution in [2.75, 3.05) is 25.1 Å². The summed E-state index contributed by atoms with van der Waals surface area (Å²) in [6, 6.07) is 12.5. The van der Waals surface area contributed by atoms with Crippen molar-refractivity contribution in [2.45, 2.75) is 20.0 Å². The predicted octanol–water partition coefficient (Wildman–Crippen LogP) is 2.72. The Labute approximate surface area is 160 Å². The van der Waals surface area contributed by atoms with Crippen LogP contribution < -0.4 is 14.8 Å². The Morgan fingerprint density at radius 3 is 2.59 bits per heavy atom. The van der Waals surface area contributed by atoms with Gasteiger partial charge in [0, 0.05) is 24.8 Å². The minimum absolute atomic E-state index is 0.236. The predicted molar refractivity (Wildman–Crippen MR) is 106 cm³/mol. The monoisotopic (exact) mass is 391 g/mol. The van der Waals surface area contributed by atoms with Gasteiger partial charge in [-0.15, -0.1) is 0 Å². The number of urea groups is 1. The summed E-state index contributed by atoms with van der Waals surface area (Å²) in [5, 5.41) is 2.83. The number of methoxy groups -OCH3 is 1. The molecular weight excluding hydrogens is 366 g/mol. The molecular formula is C19H25N3O4S. The van der Waals surface area contributed by atoms with E-state index >= 15 is 0 Å². The van der Waals surface area contributed by atoms with Crippen molar-refractivity contribution in [1.82, 2.24) is 10.2 Å². The zero-order valence-corrected chi connectivity index (χ0v) is 16.8. The number of carbonyl (C=O) groups is 1. The van der Waals surface area contributed by atoms with E-state index < -0.39 is 10.0 Å². The highest BCUT2D eigenvalue weighted by Crippen LogP contribution is 2.21. The van der Waals surface area contributed by atoms with Crippen LogP contribution in [0.1, 0.15) is 16.7 Å². The Morgan fingerprint density at radius 2 is 1.93 bits per heavy atom. The van der Waals surface area contributed by atoms with E-state index in [0.717, 1.165) is 28.7 Å². The topological polar surface area (TPSA) is 87.7 Å². The molecule has 0 radical (unpaired) electrons. The maximum atomic E-state index is 12.4. The summed E-state index contributed by atoms with van der Waals surface area (Å²) in [6.45, 7) is 2.68. The van der Waals surface area contributed by atoms with Gasteiger partial charge in [-0.05, 0) is 30.7 Å². The van der Waals surface area contributed by atoms with E-state index in [-0.39, 0.29) is 12.6 Å². The van der Waals surface area contributed by atoms with Gasteiger partial charge < -0.3 is 15.0 Å². The SMILES string of the molecule is COc1ccc(C)cc1CN(C)C(=O)NCc1cccc(NS(C)(=O)=O)c1. The van der Waals surface area contributed by atoms with Crippen LogP contribution in [-0.2, 0) is 23.1 Å². The zero-order valence-electron chi connectivity index (χ0n) is 15.9. The summed E-state index contributed by atoms with van der Waals surface area (Å²) in [5.41, 5.74) is 3.27. The lowest BCUT2D eigenvalue weighted by Gasteiger charge is -2.20. The summed E-state index contributed by atoms with van der Waals surface area (Å²) < 4.78 is 30.4. The number of ether oxygens (including phenoxy) is 1. The van der Waals surface area contributed by atoms with Gasteiger partial charge in [-0.25, -0.2) is 13.2 Å². The Balaban J connectivity index is 1.97. The van der Waals surface area contributed by atoms with Crippen molar-refractivity contribution in [3.63, 3.8) is 0 Å². The summed E-state index contributed by atoms with van der Waals surface area (Å²) in [7, 11) is -0.0308. The van der Waals surface area contributed by atoms with Gasteiger partial charge in [-0.3, -0.25) is 4.72 Å². The van der Waals surface area contributed by atoms with Crippen LogP contribution in [0.5, 0.6) is 5.75 Å². The highest BCUT2D eigenvalue weighted by molar-refractivity contribution is 7.92. The van der Waals surface area contributed by atoms with Crippen LogP contribution in [0.4, 0.5) is 10.5 Å². The van der Waals surface area contributed by atoms with Crippen molar-refractivity contribution >= 4 is 21.7 Å². The normalized spacial score (nSPS) is 11.0. The number of carbonyl (C=O) groups excluding carboxylic acids is 1. The molecule has 0 atom stereocenters. The summed E-state index contributed by atoms with van der Waals surface area (Å²) in [4.78, 5) is 13.9. The second-order valence-electron chi connectivity index (χ2n) is 6.40. The lowest BCUT2D eigenvalue weighted by atomic mass is 10.1. The van der Waals surface area contributed by atoms with E-state index in [1.54, 1.807) is 37.3 Å². The van der Waals surface area contributed by atoms with Crippen molar-refractivity contribution in [3.8, 4) is 5.75 Å². The average Bonchev–Trinajstić information content (AvgIpc) is 2.58. The van der Waals surface area contributed by atoms with Crippen LogP contribution in [0.15, 0.2) is 42.5 Å². The van der Waals surface area contributed by atoms with Crippen molar-refractivity contribution in [3.05, 3.63) is 59.2 Å². The molecule has 0 heterocycles. The third kappa shape index (κ3) is 6.49. The van der Waals surface area contributed by atoms with Gasteiger partial charge in [0.2, 0.25) is 10.0 Å². The van der Waals surface area contributed by atoms with Gasteiger partial charge in [-0.1, -0.05) is 29.8 Å². The average molecular weight is 391 g/mol. The molecule has 0 spiro atoms. The molecule has 2 rings (SSSR count). The van der Waals surface area contributed by atoms with E-state index in [9.17, 15) is 13.2 Å². The number of hydrogen-bond donors (Lipinski definition) is 2. The quantitative estimate of drug-likeness (QED) is 0.760. The number of nitrogens with one attached hydrogen (secondary N) is 2. The molecule has 8 heteroatoms. The van der Waals surface area contributed by atoms with Crippen LogP contribution >= 0.6 is 0 Å². The molecule has 2 N–H and O–H groups in total. The third-order valence-corrected chi connectivity index (χ3v) is 4.47. The van der Waals surface area contributed by atoms with Crippen LogP contribution in [0.2, 0.25) is 0 Å². The molecule has 2 amide bonds. The van der Waals surface area contributed by atoms with Crippen LogP contribution in [0.3, 0.4) is 0 Å². The van der Waals surface area contributed by atoms with Gasteiger partial charge in [0.15, 0.2) is 0 Å². The summed E-state index contributed by atoms with van der Waals surface area (Å²) >= 11 is 0. The first-order valence-corrected chi connectivity index (χ1v) is 10.3. The molecule has 0 saturated heterocycles. The molecule has 0 fully saturated rings. The summed E-state index contributed by atoms with van der Waals surface area (Å²) in [5.74, 6) is 0.736. The Kier molecular flexibility index (Phi) is 6.68. The van der Waals surface area contributed by atoms with E-state index in [1.165, 1.54) is 0 Å². The molecule has 2 aromatic carbocycles. The number of anilines is 1. The molecule has 0 aliphatic rings. The smallest absolute Gasteiger partial charge is 0.317 e. The van der Waals surface area contributed by atoms with Crippen LogP contribution in [0, 0.1) is 6.92 Å². The molecule has 0 unspecified atom stereocenters. The minimum atomic E-state index is -3.34. The van der Waals surface area contributed by atoms with Crippen molar-refractivity contribution in [1.29, 1.82) is 0 Å². The first-order chi connectivity index (χ1) is 12.7. The molecule has 0 aliphatic heterocycles. The minimum Gasteiger partial charge on any atom is -0.496 e. The van der Waals surface area contributed by atoms with Gasteiger partial charge in [0.05, 0.1) is 19.9 Å². The molecule has 27 heavy (non-hydrogen) atoms. The zero-order chi connectivity index (χ0) is 20.0. The number of amides is 2. The maximum absolute atomic E-state index is 12.4. The fourth-order valence-electron chi connectivity index (χ4n) is 2.63. The fourth-order valence-corrected chi connectivity index (χ4v) is 3.18. The van der Waals surface area contributed by atoms with E-state index in [0.29, 0.717) is 12.2 Å². The van der Waals surface area contributed by atoms with Crippen LogP contribution in [-0.4, -0.2) is 39.8 Å². The van der Waals surface area contributed by atoms with Crippen molar-refractivity contribution in [2.24, 2.45) is 0 Å². The highest BCUT2D eigenvalue weighted by Gasteiger charge is 2.12. The number of sulfonamides is 1. The van der Waals surface area contributed by atoms with E-state index in [2.05, 4.69) is 10.0 Å². The molecule has 7 nitrogen and oxygen atoms in total. The Bertz CT molecular complexity index is 913. The standard InChI is InChI=1S/C19H25N3O4S/c1-14-8-9-18(26-3)16(10-14)13-22(2)19(23)20-12-15-6-5-7-17(11-15)21-27(4,24)25/h5-11,21H,12-13H2,1-4H3,(H,20,23). The molecule has 0 aromatic heterocycles. The highest BCUT2D eigenvalue weighted by atomic mass is 32.2. The molecule has 0 aliphatic carbocycles. The summed E-state index contributed by atoms with van der Waals surface area (Å²) in [6.07, 6.45) is 1.09. The number of hydrogen-bond acceptors (Lipinski definition) is 4. The molecule has 0 saturated carbocycles. The fraction of sp³-hybridized carbons (Fsp3) is 0.316. The third-order valence-electron chi connectivity index (χ3n) is 3.86. The van der Waals surface area contributed by atoms with Gasteiger partial charge in [0.1, 0.15) is 5.75 Å². The second kappa shape index (κ2) is 8.77. The first kappa shape index (κ1) is 20.6. The molecule has 2 aromatic rings. The lowest BCUT2D eigenvalue weighted by molar-refractivity contribution is 0.206. The number of nitrogens with zero attached hydrogens (tertiary/aromatic N) is 1. The van der Waals surface area contributed by atoms with Gasteiger partial charge in [0.25, 0.3) is 0 Å². The van der Waals surface area contributed by atoms with E-state index in [4.69, 9.17) is 4.74 Å². The van der Waals surface area contributed by atoms with Crippen molar-refractivity contribution < 1.29 is 17.9 Å². The number of aryl methyl sites for hydroxylation is 1. The number of rotatable bonds is 7. The lowest BCUT2D eigenvalue weighted by Crippen LogP contribution is -2.36. The Hall–Kier alpha value is -2.74. The largest absolute Gasteiger partial charge is 0.496 e. The first-order valence-electron chi connectivity index (χ1n) is 8.37. The molecule has 146 valence electrons. The van der Waals surface area contributed by atoms with E-state index in [1.807, 2.05) is 31.2 Å². The molecule has 0 bridgehead atoms. The van der Waals surface area contributed by atoms with Crippen LogP contribution in [0.25, 0.3) is 0 Å². The van der Waals surface area contributed by atoms with Gasteiger partial charge in [-0.2, -0.15) is 0 Å². The van der Waals surface area contributed by atoms with Gasteiger partial charge >= 0.3 is 6.03 Å². The second-order valence-corrected chi connectivity index (χ2v) is 8.15. The maximum Gasteiger partial charge on any atom is 0.317 e.